The zero-order chi connectivity index (χ0) is 19.1. The zero-order valence-electron chi connectivity index (χ0n) is 15.6. The summed E-state index contributed by atoms with van der Waals surface area (Å²) < 4.78 is 10.8. The molecule has 144 valence electrons. The lowest BCUT2D eigenvalue weighted by molar-refractivity contribution is -0.127. The Kier molecular flexibility index (Phi) is 7.78. The van der Waals surface area contributed by atoms with Crippen molar-refractivity contribution in [1.82, 2.24) is 5.32 Å². The van der Waals surface area contributed by atoms with Crippen LogP contribution in [-0.4, -0.2) is 29.5 Å². The monoisotopic (exact) mass is 380 g/mol. The predicted octanol–water partition coefficient (Wildman–Crippen LogP) is 3.74. The third-order valence-corrected chi connectivity index (χ3v) is 5.00. The van der Waals surface area contributed by atoms with E-state index in [1.165, 1.54) is 11.8 Å². The van der Waals surface area contributed by atoms with Gasteiger partial charge >= 0.3 is 0 Å². The van der Waals surface area contributed by atoms with Gasteiger partial charge in [-0.1, -0.05) is 45.4 Å². The number of hydrogen-bond acceptors (Lipinski definition) is 6. The number of carbonyl (C=O) groups is 2. The molecule has 2 atom stereocenters. The number of nitrogens with one attached hydrogen (secondary N) is 1. The molecule has 2 rings (SSSR count). The topological polar surface area (TPSA) is 98.5 Å². The van der Waals surface area contributed by atoms with Crippen LogP contribution in [0.25, 0.3) is 11.2 Å². The van der Waals surface area contributed by atoms with E-state index in [1.54, 1.807) is 18.4 Å². The molecule has 0 aliphatic rings. The van der Waals surface area contributed by atoms with Crippen molar-refractivity contribution in [2.45, 2.75) is 63.6 Å². The van der Waals surface area contributed by atoms with Gasteiger partial charge in [0, 0.05) is 12.1 Å². The van der Waals surface area contributed by atoms with E-state index in [9.17, 15) is 9.59 Å². The van der Waals surface area contributed by atoms with E-state index in [-0.39, 0.29) is 17.4 Å². The first-order valence-electron chi connectivity index (χ1n) is 9.09. The van der Waals surface area contributed by atoms with Crippen molar-refractivity contribution in [3.8, 4) is 0 Å². The summed E-state index contributed by atoms with van der Waals surface area (Å²) in [7, 11) is 0. The van der Waals surface area contributed by atoms with Crippen LogP contribution in [0.2, 0.25) is 0 Å². The molecule has 6 nitrogen and oxygen atoms in total. The lowest BCUT2D eigenvalue weighted by Gasteiger charge is -2.20. The number of unbranched alkanes of at least 4 members (excludes halogenated alkanes) is 1. The normalized spacial score (nSPS) is 13.9. The number of furan rings is 2. The molecule has 2 heterocycles. The molecule has 0 spiro atoms. The van der Waals surface area contributed by atoms with Crippen molar-refractivity contribution in [2.75, 3.05) is 5.75 Å². The van der Waals surface area contributed by atoms with Gasteiger partial charge in [-0.2, -0.15) is 0 Å². The van der Waals surface area contributed by atoms with Gasteiger partial charge in [0.15, 0.2) is 22.0 Å². The van der Waals surface area contributed by atoms with Crippen LogP contribution in [0.1, 0.15) is 46.5 Å². The van der Waals surface area contributed by atoms with Crippen LogP contribution >= 0.6 is 11.8 Å². The second-order valence-electron chi connectivity index (χ2n) is 6.91. The Balaban J connectivity index is 1.92. The summed E-state index contributed by atoms with van der Waals surface area (Å²) in [5, 5.41) is 3.47. The highest BCUT2D eigenvalue weighted by atomic mass is 32.2. The highest BCUT2D eigenvalue weighted by Crippen LogP contribution is 2.28. The number of amides is 1. The van der Waals surface area contributed by atoms with Crippen LogP contribution < -0.4 is 11.1 Å². The van der Waals surface area contributed by atoms with E-state index in [2.05, 4.69) is 12.2 Å². The summed E-state index contributed by atoms with van der Waals surface area (Å²) in [6, 6.07) is 2.41. The first kappa shape index (κ1) is 20.6. The van der Waals surface area contributed by atoms with Crippen molar-refractivity contribution >= 4 is 34.6 Å². The summed E-state index contributed by atoms with van der Waals surface area (Å²) in [5.74, 6) is 0.271. The summed E-state index contributed by atoms with van der Waals surface area (Å²) in [5.41, 5.74) is 7.26. The molecule has 1 amide bonds. The van der Waals surface area contributed by atoms with Gasteiger partial charge in [0.05, 0.1) is 24.1 Å². The van der Waals surface area contributed by atoms with Gasteiger partial charge in [-0.15, -0.1) is 0 Å². The summed E-state index contributed by atoms with van der Waals surface area (Å²) in [4.78, 5) is 24.9. The van der Waals surface area contributed by atoms with Crippen molar-refractivity contribution in [2.24, 2.45) is 11.7 Å². The van der Waals surface area contributed by atoms with Gasteiger partial charge in [0.25, 0.3) is 0 Å². The third-order valence-electron chi connectivity index (χ3n) is 4.09. The van der Waals surface area contributed by atoms with Crippen molar-refractivity contribution in [1.29, 1.82) is 0 Å². The van der Waals surface area contributed by atoms with Gasteiger partial charge in [-0.25, -0.2) is 0 Å². The number of Topliss-reactive ketones (excluding diaryl/α,β-unsaturated/α-hetero) is 1. The molecule has 0 bridgehead atoms. The summed E-state index contributed by atoms with van der Waals surface area (Å²) in [6.45, 7) is 6.09. The van der Waals surface area contributed by atoms with Gasteiger partial charge in [-0.05, 0) is 18.8 Å². The minimum absolute atomic E-state index is 0.0263. The molecular weight excluding hydrogens is 352 g/mol. The Morgan fingerprint density at radius 1 is 1.31 bits per heavy atom. The predicted molar refractivity (Wildman–Crippen MR) is 103 cm³/mol. The standard InChI is InChI=1S/C19H28N2O4S/c1-4-5-6-14(21-19(23)13(20)9-12(2)3)15(22)11-26-18-10-17-16(25-18)7-8-24-17/h7-8,10,12-14H,4-6,9,11,20H2,1-3H3,(H,21,23)/t13-,14-/m0/s1. The number of carbonyl (C=O) groups excluding carboxylic acids is 2. The fraction of sp³-hybridized carbons (Fsp3) is 0.579. The molecule has 3 N–H and O–H groups in total. The van der Waals surface area contributed by atoms with Crippen LogP contribution in [0.15, 0.2) is 32.3 Å². The van der Waals surface area contributed by atoms with Crippen LogP contribution in [0.5, 0.6) is 0 Å². The molecule has 0 saturated carbocycles. The van der Waals surface area contributed by atoms with Crippen molar-refractivity contribution in [3.05, 3.63) is 18.4 Å². The Morgan fingerprint density at radius 2 is 2.08 bits per heavy atom. The number of nitrogens with two attached hydrogens (primary N) is 1. The Morgan fingerprint density at radius 3 is 2.73 bits per heavy atom. The van der Waals surface area contributed by atoms with Crippen LogP contribution in [0.4, 0.5) is 0 Å². The molecule has 2 aromatic heterocycles. The van der Waals surface area contributed by atoms with E-state index < -0.39 is 12.1 Å². The molecular formula is C19H28N2O4S. The number of fused-ring (bicyclic) bond motifs is 1. The quantitative estimate of drug-likeness (QED) is 0.576. The first-order valence-corrected chi connectivity index (χ1v) is 10.1. The number of rotatable bonds is 11. The van der Waals surface area contributed by atoms with Crippen LogP contribution in [0, 0.1) is 5.92 Å². The van der Waals surface area contributed by atoms with Crippen molar-refractivity contribution in [3.63, 3.8) is 0 Å². The van der Waals surface area contributed by atoms with Crippen molar-refractivity contribution < 1.29 is 18.4 Å². The van der Waals surface area contributed by atoms with Gasteiger partial charge in [-0.3, -0.25) is 9.59 Å². The average molecular weight is 381 g/mol. The van der Waals surface area contributed by atoms with Crippen LogP contribution in [-0.2, 0) is 9.59 Å². The van der Waals surface area contributed by atoms with Gasteiger partial charge < -0.3 is 19.9 Å². The Bertz CT molecular complexity index is 694. The molecule has 2 aromatic rings. The Labute approximate surface area is 158 Å². The summed E-state index contributed by atoms with van der Waals surface area (Å²) in [6.07, 6.45) is 4.61. The molecule has 0 aromatic carbocycles. The molecule has 0 saturated heterocycles. The smallest absolute Gasteiger partial charge is 0.237 e. The van der Waals surface area contributed by atoms with Gasteiger partial charge in [0.1, 0.15) is 0 Å². The third kappa shape index (κ3) is 5.92. The lowest BCUT2D eigenvalue weighted by Crippen LogP contribution is -2.49. The largest absolute Gasteiger partial charge is 0.461 e. The highest BCUT2D eigenvalue weighted by Gasteiger charge is 2.24. The van der Waals surface area contributed by atoms with E-state index in [1.807, 2.05) is 13.8 Å². The highest BCUT2D eigenvalue weighted by molar-refractivity contribution is 7.99. The molecule has 0 fully saturated rings. The second-order valence-corrected chi connectivity index (χ2v) is 7.89. The minimum Gasteiger partial charge on any atom is -0.461 e. The van der Waals surface area contributed by atoms with Gasteiger partial charge in [0.2, 0.25) is 5.91 Å². The average Bonchev–Trinajstić information content (AvgIpc) is 3.16. The molecule has 26 heavy (non-hydrogen) atoms. The van der Waals surface area contributed by atoms with E-state index in [0.29, 0.717) is 35.0 Å². The SMILES string of the molecule is CCCC[C@H](NC(=O)[C@@H](N)CC(C)C)C(=O)CSc1cc2occc2o1. The molecule has 0 aliphatic carbocycles. The lowest BCUT2D eigenvalue weighted by atomic mass is 10.0. The molecule has 0 unspecified atom stereocenters. The van der Waals surface area contributed by atoms with E-state index >= 15 is 0 Å². The number of thioether (sulfide) groups is 1. The maximum Gasteiger partial charge on any atom is 0.237 e. The second kappa shape index (κ2) is 9.83. The Hall–Kier alpha value is -1.73. The number of hydrogen-bond donors (Lipinski definition) is 2. The maximum absolute atomic E-state index is 12.6. The maximum atomic E-state index is 12.6. The number of ketones is 1. The van der Waals surface area contributed by atoms with E-state index in [4.69, 9.17) is 14.6 Å². The summed E-state index contributed by atoms with van der Waals surface area (Å²) >= 11 is 1.31. The molecule has 7 heteroatoms. The minimum atomic E-state index is -0.587. The fourth-order valence-electron chi connectivity index (χ4n) is 2.67. The van der Waals surface area contributed by atoms with E-state index in [0.717, 1.165) is 12.8 Å². The first-order chi connectivity index (χ1) is 12.4. The zero-order valence-corrected chi connectivity index (χ0v) is 16.4. The fourth-order valence-corrected chi connectivity index (χ4v) is 3.50. The molecule has 0 radical (unpaired) electrons. The van der Waals surface area contributed by atoms with Crippen LogP contribution in [0.3, 0.4) is 0 Å². The molecule has 0 aliphatic heterocycles.